The Labute approximate surface area is 84.7 Å². The molecule has 6 heteroatoms. The smallest absolute Gasteiger partial charge is 0.212 e. The minimum atomic E-state index is -3.77. The van der Waals surface area contributed by atoms with Crippen LogP contribution in [-0.4, -0.2) is 8.42 Å². The van der Waals surface area contributed by atoms with Crippen molar-refractivity contribution in [3.63, 3.8) is 0 Å². The molecule has 0 atom stereocenters. The molecule has 0 fully saturated rings. The van der Waals surface area contributed by atoms with E-state index in [1.54, 1.807) is 0 Å². The zero-order chi connectivity index (χ0) is 10.1. The standard InChI is InChI=1S/C7H5Cl2FO2S/c8-6-2-1-3-7(10)5(6)4-13(9,11)12/h1-3H,4H2. The molecule has 0 aromatic heterocycles. The summed E-state index contributed by atoms with van der Waals surface area (Å²) in [6.07, 6.45) is 0. The molecule has 0 heterocycles. The van der Waals surface area contributed by atoms with Gasteiger partial charge < -0.3 is 0 Å². The van der Waals surface area contributed by atoms with Gasteiger partial charge in [0.2, 0.25) is 9.05 Å². The maximum Gasteiger partial charge on any atom is 0.236 e. The minimum Gasteiger partial charge on any atom is -0.212 e. The fourth-order valence-corrected chi connectivity index (χ4v) is 2.12. The van der Waals surface area contributed by atoms with Gasteiger partial charge in [-0.2, -0.15) is 0 Å². The Morgan fingerprint density at radius 3 is 2.46 bits per heavy atom. The lowest BCUT2D eigenvalue weighted by Gasteiger charge is -2.02. The van der Waals surface area contributed by atoms with Crippen molar-refractivity contribution < 1.29 is 12.8 Å². The Kier molecular flexibility index (Phi) is 3.16. The van der Waals surface area contributed by atoms with Gasteiger partial charge in [-0.1, -0.05) is 17.7 Å². The van der Waals surface area contributed by atoms with Crippen LogP contribution >= 0.6 is 22.3 Å². The van der Waals surface area contributed by atoms with Gasteiger partial charge in [-0.25, -0.2) is 12.8 Å². The lowest BCUT2D eigenvalue weighted by Crippen LogP contribution is -1.98. The van der Waals surface area contributed by atoms with E-state index in [4.69, 9.17) is 22.3 Å². The summed E-state index contributed by atoms with van der Waals surface area (Å²) in [5.74, 6) is -1.27. The molecular weight excluding hydrogens is 238 g/mol. The van der Waals surface area contributed by atoms with Gasteiger partial charge in [0.1, 0.15) is 5.82 Å². The predicted octanol–water partition coefficient (Wildman–Crippen LogP) is 2.55. The van der Waals surface area contributed by atoms with Crippen LogP contribution in [0.4, 0.5) is 4.39 Å². The molecule has 2 nitrogen and oxygen atoms in total. The summed E-state index contributed by atoms with van der Waals surface area (Å²) < 4.78 is 34.3. The number of hydrogen-bond donors (Lipinski definition) is 0. The number of hydrogen-bond acceptors (Lipinski definition) is 2. The van der Waals surface area contributed by atoms with Gasteiger partial charge in [0, 0.05) is 21.3 Å². The maximum atomic E-state index is 13.0. The largest absolute Gasteiger partial charge is 0.236 e. The van der Waals surface area contributed by atoms with E-state index >= 15 is 0 Å². The van der Waals surface area contributed by atoms with E-state index in [9.17, 15) is 12.8 Å². The third-order valence-electron chi connectivity index (χ3n) is 1.38. The molecule has 0 radical (unpaired) electrons. The quantitative estimate of drug-likeness (QED) is 0.748. The van der Waals surface area contributed by atoms with Crippen molar-refractivity contribution in [3.05, 3.63) is 34.6 Å². The first-order chi connectivity index (χ1) is 5.90. The molecule has 0 saturated carbocycles. The maximum absolute atomic E-state index is 13.0. The average Bonchev–Trinajstić information content (AvgIpc) is 1.95. The zero-order valence-electron chi connectivity index (χ0n) is 6.30. The Morgan fingerprint density at radius 1 is 1.38 bits per heavy atom. The van der Waals surface area contributed by atoms with Gasteiger partial charge >= 0.3 is 0 Å². The highest BCUT2D eigenvalue weighted by molar-refractivity contribution is 8.13. The van der Waals surface area contributed by atoms with Crippen molar-refractivity contribution in [3.8, 4) is 0 Å². The van der Waals surface area contributed by atoms with Gasteiger partial charge in [-0.15, -0.1) is 0 Å². The Morgan fingerprint density at radius 2 is 2.00 bits per heavy atom. The third-order valence-corrected chi connectivity index (χ3v) is 2.69. The highest BCUT2D eigenvalue weighted by atomic mass is 35.7. The first-order valence-electron chi connectivity index (χ1n) is 3.25. The van der Waals surface area contributed by atoms with Crippen LogP contribution in [0.25, 0.3) is 0 Å². The normalized spacial score (nSPS) is 11.6. The fourth-order valence-electron chi connectivity index (χ4n) is 0.843. The molecule has 0 N–H and O–H groups in total. The van der Waals surface area contributed by atoms with Gasteiger partial charge in [-0.3, -0.25) is 0 Å². The van der Waals surface area contributed by atoms with Gasteiger partial charge in [0.15, 0.2) is 0 Å². The molecule has 0 aliphatic rings. The lowest BCUT2D eigenvalue weighted by molar-refractivity contribution is 0.597. The molecule has 0 saturated heterocycles. The second-order valence-electron chi connectivity index (χ2n) is 2.38. The summed E-state index contributed by atoms with van der Waals surface area (Å²) in [7, 11) is 1.18. The lowest BCUT2D eigenvalue weighted by atomic mass is 10.2. The van der Waals surface area contributed by atoms with Crippen LogP contribution in [0.2, 0.25) is 5.02 Å². The summed E-state index contributed by atoms with van der Waals surface area (Å²) >= 11 is 5.57. The van der Waals surface area contributed by atoms with E-state index in [1.807, 2.05) is 0 Å². The topological polar surface area (TPSA) is 34.1 Å². The van der Waals surface area contributed by atoms with Crippen LogP contribution < -0.4 is 0 Å². The van der Waals surface area contributed by atoms with Crippen molar-refractivity contribution in [1.82, 2.24) is 0 Å². The minimum absolute atomic E-state index is 0.0595. The van der Waals surface area contributed by atoms with E-state index < -0.39 is 20.6 Å². The van der Waals surface area contributed by atoms with E-state index in [0.717, 1.165) is 6.07 Å². The van der Waals surface area contributed by atoms with Crippen molar-refractivity contribution in [2.24, 2.45) is 0 Å². The summed E-state index contributed by atoms with van der Waals surface area (Å²) in [6, 6.07) is 3.92. The second-order valence-corrected chi connectivity index (χ2v) is 5.57. The van der Waals surface area contributed by atoms with Crippen molar-refractivity contribution in [2.75, 3.05) is 0 Å². The average molecular weight is 243 g/mol. The molecule has 0 bridgehead atoms. The molecule has 13 heavy (non-hydrogen) atoms. The zero-order valence-corrected chi connectivity index (χ0v) is 8.63. The predicted molar refractivity (Wildman–Crippen MR) is 49.9 cm³/mol. The molecule has 0 unspecified atom stereocenters. The van der Waals surface area contributed by atoms with E-state index in [1.165, 1.54) is 12.1 Å². The molecule has 72 valence electrons. The van der Waals surface area contributed by atoms with Crippen LogP contribution in [0.3, 0.4) is 0 Å². The molecule has 0 aliphatic heterocycles. The molecule has 0 aliphatic carbocycles. The molecule has 0 amide bonds. The van der Waals surface area contributed by atoms with Crippen molar-refractivity contribution >= 4 is 31.3 Å². The van der Waals surface area contributed by atoms with Crippen LogP contribution in [0.15, 0.2) is 18.2 Å². The van der Waals surface area contributed by atoms with Crippen LogP contribution in [0.1, 0.15) is 5.56 Å². The van der Waals surface area contributed by atoms with Gasteiger partial charge in [0.05, 0.1) is 5.75 Å². The van der Waals surface area contributed by atoms with E-state index in [-0.39, 0.29) is 10.6 Å². The molecule has 0 spiro atoms. The van der Waals surface area contributed by atoms with Crippen LogP contribution in [0, 0.1) is 5.82 Å². The summed E-state index contributed by atoms with van der Waals surface area (Å²) in [5, 5.41) is 0.0595. The first-order valence-corrected chi connectivity index (χ1v) is 6.11. The van der Waals surface area contributed by atoms with Gasteiger partial charge in [-0.05, 0) is 12.1 Å². The van der Waals surface area contributed by atoms with Crippen LogP contribution in [0.5, 0.6) is 0 Å². The SMILES string of the molecule is O=S(=O)(Cl)Cc1c(F)cccc1Cl. The van der Waals surface area contributed by atoms with E-state index in [2.05, 4.69) is 0 Å². The Balaban J connectivity index is 3.15. The summed E-state index contributed by atoms with van der Waals surface area (Å²) in [4.78, 5) is 0. The molecule has 1 rings (SSSR count). The number of halogens is 3. The number of rotatable bonds is 2. The fraction of sp³-hybridized carbons (Fsp3) is 0.143. The number of benzene rings is 1. The highest BCUT2D eigenvalue weighted by Gasteiger charge is 2.14. The van der Waals surface area contributed by atoms with E-state index in [0.29, 0.717) is 0 Å². The molecule has 1 aromatic rings. The second kappa shape index (κ2) is 3.82. The third kappa shape index (κ3) is 3.14. The van der Waals surface area contributed by atoms with Crippen molar-refractivity contribution in [2.45, 2.75) is 5.75 Å². The van der Waals surface area contributed by atoms with Gasteiger partial charge in [0.25, 0.3) is 0 Å². The summed E-state index contributed by atoms with van der Waals surface area (Å²) in [5.41, 5.74) is -0.0980. The Hall–Kier alpha value is -0.320. The van der Waals surface area contributed by atoms with Crippen molar-refractivity contribution in [1.29, 1.82) is 0 Å². The molecular formula is C7H5Cl2FO2S. The highest BCUT2D eigenvalue weighted by Crippen LogP contribution is 2.22. The summed E-state index contributed by atoms with van der Waals surface area (Å²) in [6.45, 7) is 0. The Bertz CT molecular complexity index is 396. The molecule has 1 aromatic carbocycles. The first kappa shape index (κ1) is 10.8. The monoisotopic (exact) mass is 242 g/mol. The van der Waals surface area contributed by atoms with Crippen LogP contribution in [-0.2, 0) is 14.8 Å².